The van der Waals surface area contributed by atoms with Crippen LogP contribution in [0.5, 0.6) is 0 Å². The number of hydrogen-bond donors (Lipinski definition) is 1. The van der Waals surface area contributed by atoms with Crippen molar-refractivity contribution in [1.29, 1.82) is 0 Å². The van der Waals surface area contributed by atoms with E-state index < -0.39 is 17.6 Å². The Hall–Kier alpha value is -3.46. The molecule has 138 valence electrons. The molecular weight excluding hydrogens is 351 g/mol. The molecule has 1 aliphatic carbocycles. The Morgan fingerprint density at radius 1 is 0.964 bits per heavy atom. The largest absolute Gasteiger partial charge is 0.478 e. The van der Waals surface area contributed by atoms with Crippen molar-refractivity contribution >= 4 is 22.3 Å². The Balaban J connectivity index is 1.89. The van der Waals surface area contributed by atoms with Gasteiger partial charge in [-0.3, -0.25) is 0 Å². The summed E-state index contributed by atoms with van der Waals surface area (Å²) >= 11 is 0. The third-order valence-corrected chi connectivity index (χ3v) is 5.19. The van der Waals surface area contributed by atoms with Crippen LogP contribution in [-0.2, 0) is 10.2 Å². The lowest BCUT2D eigenvalue weighted by Gasteiger charge is -2.34. The molecule has 4 rings (SSSR count). The van der Waals surface area contributed by atoms with E-state index in [1.807, 2.05) is 78.9 Å². The quantitative estimate of drug-likeness (QED) is 0.597. The summed E-state index contributed by atoms with van der Waals surface area (Å²) in [6.45, 7) is 0. The Morgan fingerprint density at radius 2 is 1.68 bits per heavy atom. The number of rotatable bonds is 4. The summed E-state index contributed by atoms with van der Waals surface area (Å²) in [5.41, 5.74) is 1.27. The molecule has 0 amide bonds. The fourth-order valence-corrected chi connectivity index (χ4v) is 3.78. The summed E-state index contributed by atoms with van der Waals surface area (Å²) in [7, 11) is 0. The molecule has 0 spiro atoms. The van der Waals surface area contributed by atoms with Crippen LogP contribution >= 0.6 is 0 Å². The van der Waals surface area contributed by atoms with Gasteiger partial charge in [0.2, 0.25) is 0 Å². The van der Waals surface area contributed by atoms with E-state index >= 15 is 4.39 Å². The van der Waals surface area contributed by atoms with Crippen LogP contribution in [0.3, 0.4) is 0 Å². The maximum absolute atomic E-state index is 15.7. The van der Waals surface area contributed by atoms with Crippen molar-refractivity contribution in [1.82, 2.24) is 0 Å². The zero-order valence-electron chi connectivity index (χ0n) is 15.1. The van der Waals surface area contributed by atoms with Crippen LogP contribution in [0.2, 0.25) is 0 Å². The molecule has 1 aliphatic rings. The summed E-state index contributed by atoms with van der Waals surface area (Å²) in [6.07, 6.45) is 6.30. The van der Waals surface area contributed by atoms with Crippen LogP contribution in [-0.4, -0.2) is 17.2 Å². The van der Waals surface area contributed by atoms with Crippen molar-refractivity contribution in [3.63, 3.8) is 0 Å². The fourth-order valence-electron chi connectivity index (χ4n) is 3.78. The molecular formula is C25H19FO2. The van der Waals surface area contributed by atoms with E-state index in [4.69, 9.17) is 0 Å². The third kappa shape index (κ3) is 3.16. The van der Waals surface area contributed by atoms with Crippen LogP contribution in [0.4, 0.5) is 4.39 Å². The SMILES string of the molecule is O=C(O)C=CC1(c2cccc3ccccc23)C=CC(c2ccccc2)=CC1F. The van der Waals surface area contributed by atoms with Crippen molar-refractivity contribution in [3.8, 4) is 0 Å². The van der Waals surface area contributed by atoms with Gasteiger partial charge in [-0.05, 0) is 33.5 Å². The zero-order chi connectivity index (χ0) is 19.6. The first-order chi connectivity index (χ1) is 13.6. The number of carboxylic acids is 1. The average molecular weight is 370 g/mol. The highest BCUT2D eigenvalue weighted by molar-refractivity contribution is 5.89. The van der Waals surface area contributed by atoms with Crippen LogP contribution in [0, 0.1) is 0 Å². The molecule has 0 fully saturated rings. The molecule has 1 N–H and O–H groups in total. The number of aliphatic carboxylic acids is 1. The molecule has 0 saturated heterocycles. The highest BCUT2D eigenvalue weighted by Gasteiger charge is 2.39. The first kappa shape index (κ1) is 17.9. The molecule has 0 aromatic heterocycles. The molecule has 2 nitrogen and oxygen atoms in total. The van der Waals surface area contributed by atoms with E-state index in [0.717, 1.165) is 33.5 Å². The second kappa shape index (κ2) is 7.28. The minimum absolute atomic E-state index is 0.746. The van der Waals surface area contributed by atoms with Gasteiger partial charge in [-0.1, -0.05) is 91.0 Å². The van der Waals surface area contributed by atoms with Gasteiger partial charge in [0.05, 0.1) is 5.41 Å². The lowest BCUT2D eigenvalue weighted by molar-refractivity contribution is -0.131. The number of halogens is 1. The Bertz CT molecular complexity index is 1110. The van der Waals surface area contributed by atoms with Crippen molar-refractivity contribution in [3.05, 3.63) is 114 Å². The Morgan fingerprint density at radius 3 is 2.43 bits per heavy atom. The van der Waals surface area contributed by atoms with Gasteiger partial charge >= 0.3 is 5.97 Å². The van der Waals surface area contributed by atoms with Crippen LogP contribution in [0.25, 0.3) is 16.3 Å². The zero-order valence-corrected chi connectivity index (χ0v) is 15.1. The van der Waals surface area contributed by atoms with Gasteiger partial charge in [0.1, 0.15) is 6.17 Å². The van der Waals surface area contributed by atoms with Gasteiger partial charge in [-0.2, -0.15) is 0 Å². The molecule has 28 heavy (non-hydrogen) atoms. The summed E-state index contributed by atoms with van der Waals surface area (Å²) in [5.74, 6) is -1.10. The lowest BCUT2D eigenvalue weighted by Crippen LogP contribution is -2.34. The molecule has 0 bridgehead atoms. The number of allylic oxidation sites excluding steroid dienone is 5. The predicted octanol–water partition coefficient (Wildman–Crippen LogP) is 5.71. The van der Waals surface area contributed by atoms with E-state index in [-0.39, 0.29) is 0 Å². The van der Waals surface area contributed by atoms with Crippen molar-refractivity contribution in [2.75, 3.05) is 0 Å². The third-order valence-electron chi connectivity index (χ3n) is 5.19. The van der Waals surface area contributed by atoms with Gasteiger partial charge in [0, 0.05) is 6.08 Å². The minimum Gasteiger partial charge on any atom is -0.478 e. The number of hydrogen-bond acceptors (Lipinski definition) is 1. The lowest BCUT2D eigenvalue weighted by atomic mass is 9.70. The highest BCUT2D eigenvalue weighted by Crippen LogP contribution is 2.42. The van der Waals surface area contributed by atoms with Gasteiger partial charge in [-0.25, -0.2) is 9.18 Å². The van der Waals surface area contributed by atoms with Crippen LogP contribution in [0.1, 0.15) is 11.1 Å². The van der Waals surface area contributed by atoms with Crippen molar-refractivity contribution in [2.24, 2.45) is 0 Å². The topological polar surface area (TPSA) is 37.3 Å². The summed E-state index contributed by atoms with van der Waals surface area (Å²) in [6, 6.07) is 23.1. The number of alkyl halides is 1. The van der Waals surface area contributed by atoms with Crippen molar-refractivity contribution < 1.29 is 14.3 Å². The second-order valence-electron chi connectivity index (χ2n) is 6.85. The number of benzene rings is 3. The van der Waals surface area contributed by atoms with Gasteiger partial charge in [0.15, 0.2) is 0 Å². The molecule has 3 aromatic carbocycles. The van der Waals surface area contributed by atoms with E-state index in [2.05, 4.69) is 0 Å². The molecule has 0 aliphatic heterocycles. The minimum atomic E-state index is -1.41. The van der Waals surface area contributed by atoms with Crippen LogP contribution in [0.15, 0.2) is 103 Å². The number of fused-ring (bicyclic) bond motifs is 1. The standard InChI is InChI=1S/C25H19FO2/c26-23-17-20(18-7-2-1-3-8-18)13-15-25(23,16-14-24(27)28)22-12-6-10-19-9-4-5-11-21(19)22/h1-17,23H,(H,27,28). The Labute approximate surface area is 163 Å². The summed E-state index contributed by atoms with van der Waals surface area (Å²) < 4.78 is 15.7. The molecule has 2 atom stereocenters. The smallest absolute Gasteiger partial charge is 0.328 e. The van der Waals surface area contributed by atoms with Crippen molar-refractivity contribution in [2.45, 2.75) is 11.6 Å². The molecule has 3 heteroatoms. The summed E-state index contributed by atoms with van der Waals surface area (Å²) in [5, 5.41) is 11.1. The molecule has 0 radical (unpaired) electrons. The normalized spacial score (nSPS) is 21.8. The first-order valence-corrected chi connectivity index (χ1v) is 9.11. The van der Waals surface area contributed by atoms with Gasteiger partial charge in [0.25, 0.3) is 0 Å². The summed E-state index contributed by atoms with van der Waals surface area (Å²) in [4.78, 5) is 11.2. The van der Waals surface area contributed by atoms with E-state index in [0.29, 0.717) is 0 Å². The van der Waals surface area contributed by atoms with Gasteiger partial charge < -0.3 is 5.11 Å². The monoisotopic (exact) mass is 370 g/mol. The van der Waals surface area contributed by atoms with E-state index in [1.165, 1.54) is 6.08 Å². The second-order valence-corrected chi connectivity index (χ2v) is 6.85. The number of carbonyl (C=O) groups is 1. The predicted molar refractivity (Wildman–Crippen MR) is 111 cm³/mol. The molecule has 0 saturated carbocycles. The van der Waals surface area contributed by atoms with Crippen LogP contribution < -0.4 is 0 Å². The maximum atomic E-state index is 15.7. The number of carboxylic acid groups (broad SMARTS) is 1. The highest BCUT2D eigenvalue weighted by atomic mass is 19.1. The molecule has 0 heterocycles. The average Bonchev–Trinajstić information content (AvgIpc) is 2.73. The molecule has 3 aromatic rings. The van der Waals surface area contributed by atoms with E-state index in [1.54, 1.807) is 12.2 Å². The van der Waals surface area contributed by atoms with Gasteiger partial charge in [-0.15, -0.1) is 0 Å². The Kier molecular flexibility index (Phi) is 4.66. The van der Waals surface area contributed by atoms with E-state index in [9.17, 15) is 9.90 Å². The fraction of sp³-hybridized carbons (Fsp3) is 0.0800. The maximum Gasteiger partial charge on any atom is 0.328 e. The molecule has 2 unspecified atom stereocenters. The first-order valence-electron chi connectivity index (χ1n) is 9.11.